The zero-order chi connectivity index (χ0) is 10.2. The van der Waals surface area contributed by atoms with E-state index in [9.17, 15) is 0 Å². The van der Waals surface area contributed by atoms with Crippen LogP contribution in [0.4, 0.5) is 0 Å². The second kappa shape index (κ2) is 3.82. The summed E-state index contributed by atoms with van der Waals surface area (Å²) in [5.41, 5.74) is 6.28. The molecule has 0 aromatic heterocycles. The molecule has 2 aliphatic carbocycles. The van der Waals surface area contributed by atoms with Gasteiger partial charge >= 0.3 is 0 Å². The number of nitrogens with zero attached hydrogens (tertiary/aromatic N) is 1. The van der Waals surface area contributed by atoms with Crippen molar-refractivity contribution in [1.29, 1.82) is 0 Å². The molecule has 2 fully saturated rings. The van der Waals surface area contributed by atoms with Gasteiger partial charge in [-0.25, -0.2) is 0 Å². The van der Waals surface area contributed by atoms with Crippen molar-refractivity contribution in [3.63, 3.8) is 0 Å². The van der Waals surface area contributed by atoms with Gasteiger partial charge in [-0.1, -0.05) is 0 Å². The Labute approximate surface area is 87.8 Å². The van der Waals surface area contributed by atoms with Crippen LogP contribution in [-0.4, -0.2) is 31.1 Å². The summed E-state index contributed by atoms with van der Waals surface area (Å²) in [6.07, 6.45) is 6.96. The maximum Gasteiger partial charge on any atom is 0.00923 e. The molecule has 2 saturated carbocycles. The molecule has 1 atom stereocenters. The van der Waals surface area contributed by atoms with Crippen LogP contribution in [0.3, 0.4) is 0 Å². The van der Waals surface area contributed by atoms with Gasteiger partial charge in [0, 0.05) is 12.6 Å². The topological polar surface area (TPSA) is 29.3 Å². The van der Waals surface area contributed by atoms with Crippen molar-refractivity contribution in [2.75, 3.05) is 20.1 Å². The maximum atomic E-state index is 5.66. The predicted octanol–water partition coefficient (Wildman–Crippen LogP) is 1.85. The molecule has 2 rings (SSSR count). The molecule has 0 aromatic carbocycles. The lowest BCUT2D eigenvalue weighted by Gasteiger charge is -2.29. The second-order valence-corrected chi connectivity index (χ2v) is 5.53. The van der Waals surface area contributed by atoms with Crippen LogP contribution in [0.2, 0.25) is 0 Å². The van der Waals surface area contributed by atoms with Crippen LogP contribution in [0.15, 0.2) is 0 Å². The largest absolute Gasteiger partial charge is 0.330 e. The Hall–Kier alpha value is -0.0800. The van der Waals surface area contributed by atoms with Crippen LogP contribution in [-0.2, 0) is 0 Å². The van der Waals surface area contributed by atoms with Crippen LogP contribution in [0, 0.1) is 11.3 Å². The smallest absolute Gasteiger partial charge is 0.00923 e. The highest BCUT2D eigenvalue weighted by atomic mass is 15.1. The van der Waals surface area contributed by atoms with Gasteiger partial charge in [0.25, 0.3) is 0 Å². The van der Waals surface area contributed by atoms with Crippen molar-refractivity contribution in [1.82, 2.24) is 4.90 Å². The molecule has 82 valence electrons. The summed E-state index contributed by atoms with van der Waals surface area (Å²) in [5, 5.41) is 0. The highest BCUT2D eigenvalue weighted by molar-refractivity contribution is 4.97. The minimum absolute atomic E-state index is 0.618. The first-order valence-corrected chi connectivity index (χ1v) is 6.07. The van der Waals surface area contributed by atoms with Gasteiger partial charge < -0.3 is 10.6 Å². The number of hydrogen-bond donors (Lipinski definition) is 1. The van der Waals surface area contributed by atoms with Crippen LogP contribution in [0.1, 0.15) is 39.0 Å². The molecule has 0 aliphatic heterocycles. The normalized spacial score (nSPS) is 26.6. The van der Waals surface area contributed by atoms with Gasteiger partial charge in [-0.2, -0.15) is 0 Å². The van der Waals surface area contributed by atoms with Crippen LogP contribution in [0.25, 0.3) is 0 Å². The van der Waals surface area contributed by atoms with E-state index in [1.165, 1.54) is 38.6 Å². The first-order valence-electron chi connectivity index (χ1n) is 6.07. The molecule has 0 amide bonds. The highest BCUT2D eigenvalue weighted by Crippen LogP contribution is 2.49. The minimum atomic E-state index is 0.618. The van der Waals surface area contributed by atoms with E-state index in [4.69, 9.17) is 5.73 Å². The van der Waals surface area contributed by atoms with E-state index in [0.717, 1.165) is 18.5 Å². The molecule has 2 heteroatoms. The molecule has 0 bridgehead atoms. The summed E-state index contributed by atoms with van der Waals surface area (Å²) >= 11 is 0. The van der Waals surface area contributed by atoms with Gasteiger partial charge in [0.2, 0.25) is 0 Å². The Morgan fingerprint density at radius 3 is 2.50 bits per heavy atom. The fraction of sp³-hybridized carbons (Fsp3) is 1.00. The Kier molecular flexibility index (Phi) is 2.85. The van der Waals surface area contributed by atoms with Gasteiger partial charge in [-0.15, -0.1) is 0 Å². The second-order valence-electron chi connectivity index (χ2n) is 5.53. The molecule has 14 heavy (non-hydrogen) atoms. The Bertz CT molecular complexity index is 194. The van der Waals surface area contributed by atoms with E-state index in [0.29, 0.717) is 5.41 Å². The zero-order valence-corrected chi connectivity index (χ0v) is 9.63. The standard InChI is InChI=1S/C12H24N2/c1-10(11-3-4-11)14(2)9-12(5-6-12)7-8-13/h10-11H,3-9,13H2,1-2H3. The van der Waals surface area contributed by atoms with Crippen LogP contribution in [0.5, 0.6) is 0 Å². The maximum absolute atomic E-state index is 5.66. The number of hydrogen-bond acceptors (Lipinski definition) is 2. The van der Waals surface area contributed by atoms with E-state index in [1.54, 1.807) is 0 Å². The lowest BCUT2D eigenvalue weighted by molar-refractivity contribution is 0.186. The molecular weight excluding hydrogens is 172 g/mol. The first-order chi connectivity index (χ1) is 6.67. The Morgan fingerprint density at radius 1 is 1.43 bits per heavy atom. The fourth-order valence-corrected chi connectivity index (χ4v) is 2.58. The molecule has 2 aliphatic rings. The minimum Gasteiger partial charge on any atom is -0.330 e. The highest BCUT2D eigenvalue weighted by Gasteiger charge is 2.43. The third-order valence-electron chi connectivity index (χ3n) is 4.22. The first kappa shape index (κ1) is 10.4. The zero-order valence-electron chi connectivity index (χ0n) is 9.63. The third-order valence-corrected chi connectivity index (χ3v) is 4.22. The molecule has 0 radical (unpaired) electrons. The number of nitrogens with two attached hydrogens (primary N) is 1. The summed E-state index contributed by atoms with van der Waals surface area (Å²) in [4.78, 5) is 2.57. The van der Waals surface area contributed by atoms with E-state index in [-0.39, 0.29) is 0 Å². The van der Waals surface area contributed by atoms with Gasteiger partial charge in [-0.3, -0.25) is 0 Å². The lowest BCUT2D eigenvalue weighted by atomic mass is 10.0. The molecule has 0 saturated heterocycles. The average molecular weight is 196 g/mol. The van der Waals surface area contributed by atoms with Crippen molar-refractivity contribution in [3.05, 3.63) is 0 Å². The number of rotatable bonds is 6. The predicted molar refractivity (Wildman–Crippen MR) is 60.2 cm³/mol. The SMILES string of the molecule is CC(C1CC1)N(C)CC1(CCN)CC1. The van der Waals surface area contributed by atoms with Crippen molar-refractivity contribution in [2.24, 2.45) is 17.1 Å². The average Bonchev–Trinajstić information content (AvgIpc) is 2.96. The van der Waals surface area contributed by atoms with Gasteiger partial charge in [0.05, 0.1) is 0 Å². The monoisotopic (exact) mass is 196 g/mol. The summed E-state index contributed by atoms with van der Waals surface area (Å²) in [6.45, 7) is 4.53. The fourth-order valence-electron chi connectivity index (χ4n) is 2.58. The molecule has 0 heterocycles. The molecular formula is C12H24N2. The van der Waals surface area contributed by atoms with E-state index in [1.807, 2.05) is 0 Å². The van der Waals surface area contributed by atoms with Crippen molar-refractivity contribution < 1.29 is 0 Å². The lowest BCUT2D eigenvalue weighted by Crippen LogP contribution is -2.36. The molecule has 2 nitrogen and oxygen atoms in total. The Morgan fingerprint density at radius 2 is 2.07 bits per heavy atom. The van der Waals surface area contributed by atoms with Crippen LogP contribution >= 0.6 is 0 Å². The van der Waals surface area contributed by atoms with Crippen molar-refractivity contribution >= 4 is 0 Å². The molecule has 0 aromatic rings. The van der Waals surface area contributed by atoms with Crippen molar-refractivity contribution in [3.8, 4) is 0 Å². The molecule has 0 spiro atoms. The van der Waals surface area contributed by atoms with Crippen molar-refractivity contribution in [2.45, 2.75) is 45.1 Å². The van der Waals surface area contributed by atoms with E-state index in [2.05, 4.69) is 18.9 Å². The van der Waals surface area contributed by atoms with E-state index >= 15 is 0 Å². The summed E-state index contributed by atoms with van der Waals surface area (Å²) < 4.78 is 0. The quantitative estimate of drug-likeness (QED) is 0.702. The van der Waals surface area contributed by atoms with Gasteiger partial charge in [0.15, 0.2) is 0 Å². The summed E-state index contributed by atoms with van der Waals surface area (Å²) in [7, 11) is 2.29. The Balaban J connectivity index is 1.78. The molecule has 2 N–H and O–H groups in total. The third kappa shape index (κ3) is 2.29. The van der Waals surface area contributed by atoms with Gasteiger partial charge in [0.1, 0.15) is 0 Å². The van der Waals surface area contributed by atoms with E-state index < -0.39 is 0 Å². The van der Waals surface area contributed by atoms with Gasteiger partial charge in [-0.05, 0) is 64.0 Å². The van der Waals surface area contributed by atoms with Crippen LogP contribution < -0.4 is 5.73 Å². The molecule has 1 unspecified atom stereocenters. The summed E-state index contributed by atoms with van der Waals surface area (Å²) in [6, 6.07) is 0.797. The summed E-state index contributed by atoms with van der Waals surface area (Å²) in [5.74, 6) is 0.994.